The molecule has 32 heavy (non-hydrogen) atoms. The zero-order valence-electron chi connectivity index (χ0n) is 16.4. The number of amides is 1. The number of carbonyl (C=O) groups excluding carboxylic acids is 2. The van der Waals surface area contributed by atoms with E-state index in [9.17, 15) is 22.8 Å². The summed E-state index contributed by atoms with van der Waals surface area (Å²) in [5, 5.41) is 2.80. The third-order valence-corrected chi connectivity index (χ3v) is 5.14. The summed E-state index contributed by atoms with van der Waals surface area (Å²) in [4.78, 5) is 31.5. The zero-order chi connectivity index (χ0) is 23.3. The average Bonchev–Trinajstić information content (AvgIpc) is 2.77. The maximum absolute atomic E-state index is 13.3. The number of benzene rings is 2. The summed E-state index contributed by atoms with van der Waals surface area (Å²) in [6.07, 6.45) is -4.68. The Hall–Kier alpha value is -3.11. The van der Waals surface area contributed by atoms with Crippen LogP contribution in [0.15, 0.2) is 59.8 Å². The standard InChI is InChI=1S/C21H15ClF3N3O3S/c1-31-19(30)13-3-2-4-15(9-13)26-18(29)11-32-20-27-16(10-17(28-20)21(23,24)25)12-5-7-14(22)8-6-12/h2-10H,11H2,1H3,(H,26,29). The summed E-state index contributed by atoms with van der Waals surface area (Å²) >= 11 is 6.59. The van der Waals surface area contributed by atoms with Crippen LogP contribution >= 0.6 is 23.4 Å². The molecule has 2 aromatic carbocycles. The third-order valence-electron chi connectivity index (χ3n) is 4.04. The molecule has 0 aliphatic carbocycles. The summed E-state index contributed by atoms with van der Waals surface area (Å²) in [6, 6.07) is 13.1. The molecule has 0 unspecified atom stereocenters. The SMILES string of the molecule is COC(=O)c1cccc(NC(=O)CSc2nc(-c3ccc(Cl)cc3)cc(C(F)(F)F)n2)c1. The van der Waals surface area contributed by atoms with Crippen LogP contribution in [0.2, 0.25) is 5.02 Å². The number of nitrogens with one attached hydrogen (secondary N) is 1. The Morgan fingerprint density at radius 1 is 1.09 bits per heavy atom. The van der Waals surface area contributed by atoms with E-state index in [2.05, 4.69) is 20.0 Å². The van der Waals surface area contributed by atoms with Crippen molar-refractivity contribution in [2.24, 2.45) is 0 Å². The Balaban J connectivity index is 1.76. The summed E-state index contributed by atoms with van der Waals surface area (Å²) in [6.45, 7) is 0. The molecule has 0 saturated carbocycles. The first-order valence-electron chi connectivity index (χ1n) is 8.99. The molecule has 166 valence electrons. The van der Waals surface area contributed by atoms with Crippen molar-refractivity contribution in [1.82, 2.24) is 9.97 Å². The molecule has 0 spiro atoms. The number of hydrogen-bond acceptors (Lipinski definition) is 6. The lowest BCUT2D eigenvalue weighted by Gasteiger charge is -2.11. The van der Waals surface area contributed by atoms with Gasteiger partial charge in [-0.1, -0.05) is 41.6 Å². The van der Waals surface area contributed by atoms with E-state index in [1.165, 1.54) is 31.4 Å². The normalized spacial score (nSPS) is 11.2. The minimum Gasteiger partial charge on any atom is -0.465 e. The second kappa shape index (κ2) is 10.0. The minimum atomic E-state index is -4.68. The number of carbonyl (C=O) groups is 2. The van der Waals surface area contributed by atoms with Crippen LogP contribution in [-0.4, -0.2) is 34.7 Å². The highest BCUT2D eigenvalue weighted by atomic mass is 35.5. The monoisotopic (exact) mass is 481 g/mol. The van der Waals surface area contributed by atoms with Crippen LogP contribution in [0, 0.1) is 0 Å². The molecule has 0 atom stereocenters. The summed E-state index contributed by atoms with van der Waals surface area (Å²) in [5.41, 5.74) is -0.0610. The van der Waals surface area contributed by atoms with Crippen molar-refractivity contribution in [2.45, 2.75) is 11.3 Å². The number of anilines is 1. The van der Waals surface area contributed by atoms with E-state index in [0.717, 1.165) is 17.8 Å². The fourth-order valence-electron chi connectivity index (χ4n) is 2.57. The van der Waals surface area contributed by atoms with Crippen molar-refractivity contribution in [3.63, 3.8) is 0 Å². The van der Waals surface area contributed by atoms with Crippen molar-refractivity contribution < 1.29 is 27.5 Å². The van der Waals surface area contributed by atoms with Gasteiger partial charge in [-0.25, -0.2) is 14.8 Å². The molecule has 1 N–H and O–H groups in total. The van der Waals surface area contributed by atoms with Crippen molar-refractivity contribution in [3.8, 4) is 11.3 Å². The number of halogens is 4. The van der Waals surface area contributed by atoms with Gasteiger partial charge in [0.25, 0.3) is 0 Å². The van der Waals surface area contributed by atoms with E-state index in [0.29, 0.717) is 16.3 Å². The second-order valence-corrected chi connectivity index (χ2v) is 7.71. The largest absolute Gasteiger partial charge is 0.465 e. The van der Waals surface area contributed by atoms with E-state index < -0.39 is 23.7 Å². The van der Waals surface area contributed by atoms with Gasteiger partial charge >= 0.3 is 12.1 Å². The number of aromatic nitrogens is 2. The first-order chi connectivity index (χ1) is 15.2. The van der Waals surface area contributed by atoms with Crippen LogP contribution in [0.5, 0.6) is 0 Å². The third kappa shape index (κ3) is 6.21. The Morgan fingerprint density at radius 2 is 1.81 bits per heavy atom. The van der Waals surface area contributed by atoms with E-state index in [1.54, 1.807) is 24.3 Å². The summed E-state index contributed by atoms with van der Waals surface area (Å²) in [5.74, 6) is -1.32. The highest BCUT2D eigenvalue weighted by Crippen LogP contribution is 2.32. The van der Waals surface area contributed by atoms with Gasteiger partial charge in [-0.3, -0.25) is 4.79 Å². The number of esters is 1. The molecular weight excluding hydrogens is 467 g/mol. The predicted molar refractivity (Wildman–Crippen MR) is 115 cm³/mol. The van der Waals surface area contributed by atoms with Crippen LogP contribution in [0.25, 0.3) is 11.3 Å². The van der Waals surface area contributed by atoms with Gasteiger partial charge in [0.15, 0.2) is 5.16 Å². The topological polar surface area (TPSA) is 81.2 Å². The number of alkyl halides is 3. The molecule has 1 amide bonds. The molecule has 11 heteroatoms. The van der Waals surface area contributed by atoms with Crippen molar-refractivity contribution >= 4 is 40.9 Å². The Labute approximate surface area is 190 Å². The maximum Gasteiger partial charge on any atom is 0.433 e. The molecule has 1 aromatic heterocycles. The van der Waals surface area contributed by atoms with Crippen LogP contribution in [0.3, 0.4) is 0 Å². The molecule has 0 aliphatic rings. The van der Waals surface area contributed by atoms with Gasteiger partial charge in [0.05, 0.1) is 24.1 Å². The number of methoxy groups -OCH3 is 1. The molecular formula is C21H15ClF3N3O3S. The zero-order valence-corrected chi connectivity index (χ0v) is 18.0. The molecule has 1 heterocycles. The number of hydrogen-bond donors (Lipinski definition) is 1. The summed E-state index contributed by atoms with van der Waals surface area (Å²) < 4.78 is 44.5. The van der Waals surface area contributed by atoms with Gasteiger partial charge in [-0.05, 0) is 36.4 Å². The molecule has 0 fully saturated rings. The molecule has 0 saturated heterocycles. The van der Waals surface area contributed by atoms with Crippen molar-refractivity contribution in [2.75, 3.05) is 18.2 Å². The molecule has 3 aromatic rings. The van der Waals surface area contributed by atoms with Gasteiger partial charge < -0.3 is 10.1 Å². The first-order valence-corrected chi connectivity index (χ1v) is 10.4. The fraction of sp³-hybridized carbons (Fsp3) is 0.143. The lowest BCUT2D eigenvalue weighted by Crippen LogP contribution is -2.15. The molecule has 0 radical (unpaired) electrons. The van der Waals surface area contributed by atoms with Crippen molar-refractivity contribution in [3.05, 3.63) is 70.9 Å². The Kier molecular flexibility index (Phi) is 7.37. The Bertz CT molecular complexity index is 1140. The maximum atomic E-state index is 13.3. The van der Waals surface area contributed by atoms with Gasteiger partial charge in [0.2, 0.25) is 5.91 Å². The fourth-order valence-corrected chi connectivity index (χ4v) is 3.36. The number of nitrogens with zero attached hydrogens (tertiary/aromatic N) is 2. The van der Waals surface area contributed by atoms with E-state index >= 15 is 0 Å². The van der Waals surface area contributed by atoms with Crippen molar-refractivity contribution in [1.29, 1.82) is 0 Å². The first kappa shape index (κ1) is 23.6. The van der Waals surface area contributed by atoms with E-state index in [-0.39, 0.29) is 22.2 Å². The molecule has 3 rings (SSSR count). The molecule has 6 nitrogen and oxygen atoms in total. The lowest BCUT2D eigenvalue weighted by molar-refractivity contribution is -0.141. The molecule has 0 bridgehead atoms. The number of ether oxygens (including phenoxy) is 1. The van der Waals surface area contributed by atoms with Crippen LogP contribution in [-0.2, 0) is 15.7 Å². The van der Waals surface area contributed by atoms with Gasteiger partial charge in [-0.15, -0.1) is 0 Å². The van der Waals surface area contributed by atoms with Gasteiger partial charge in [0.1, 0.15) is 5.69 Å². The van der Waals surface area contributed by atoms with Crippen LogP contribution in [0.4, 0.5) is 18.9 Å². The highest BCUT2D eigenvalue weighted by molar-refractivity contribution is 7.99. The lowest BCUT2D eigenvalue weighted by atomic mass is 10.1. The summed E-state index contributed by atoms with van der Waals surface area (Å²) in [7, 11) is 1.23. The van der Waals surface area contributed by atoms with Crippen LogP contribution in [0.1, 0.15) is 16.1 Å². The van der Waals surface area contributed by atoms with Gasteiger partial charge in [0, 0.05) is 16.3 Å². The van der Waals surface area contributed by atoms with Crippen LogP contribution < -0.4 is 5.32 Å². The van der Waals surface area contributed by atoms with Gasteiger partial charge in [-0.2, -0.15) is 13.2 Å². The van der Waals surface area contributed by atoms with E-state index in [1.807, 2.05) is 0 Å². The number of rotatable bonds is 6. The second-order valence-electron chi connectivity index (χ2n) is 6.33. The average molecular weight is 482 g/mol. The highest BCUT2D eigenvalue weighted by Gasteiger charge is 2.34. The Morgan fingerprint density at radius 3 is 2.47 bits per heavy atom. The smallest absolute Gasteiger partial charge is 0.433 e. The predicted octanol–water partition coefficient (Wildman–Crippen LogP) is 5.33. The minimum absolute atomic E-state index is 0.0534. The number of thioether (sulfide) groups is 1. The quantitative estimate of drug-likeness (QED) is 0.291. The molecule has 0 aliphatic heterocycles. The van der Waals surface area contributed by atoms with E-state index in [4.69, 9.17) is 11.6 Å².